The fraction of sp³-hybridized carbons (Fsp3) is 0.304. The molecule has 1 unspecified atom stereocenters. The summed E-state index contributed by atoms with van der Waals surface area (Å²) in [7, 11) is 0. The average Bonchev–Trinajstić information content (AvgIpc) is 2.98. The summed E-state index contributed by atoms with van der Waals surface area (Å²) in [6, 6.07) is 11.9. The first-order valence-corrected chi connectivity index (χ1v) is 10.6. The van der Waals surface area contributed by atoms with E-state index in [2.05, 4.69) is 48.5 Å². The molecule has 1 aliphatic heterocycles. The molecule has 1 atom stereocenters. The number of thioether (sulfide) groups is 1. The second-order valence-corrected chi connectivity index (χ2v) is 9.28. The Morgan fingerprint density at radius 3 is 2.72 bits per heavy atom. The van der Waals surface area contributed by atoms with E-state index in [1.54, 1.807) is 6.92 Å². The summed E-state index contributed by atoms with van der Waals surface area (Å²) in [4.78, 5) is 29.9. The Balaban J connectivity index is 1.49. The molecular formula is C23H25N3O2S. The van der Waals surface area contributed by atoms with E-state index in [0.717, 1.165) is 21.8 Å². The van der Waals surface area contributed by atoms with Crippen molar-refractivity contribution in [1.82, 2.24) is 10.3 Å². The van der Waals surface area contributed by atoms with Crippen molar-refractivity contribution >= 4 is 40.2 Å². The molecular weight excluding hydrogens is 382 g/mol. The zero-order valence-corrected chi connectivity index (χ0v) is 17.9. The van der Waals surface area contributed by atoms with E-state index in [4.69, 9.17) is 0 Å². The number of anilines is 1. The number of carbonyl (C=O) groups is 2. The first-order chi connectivity index (χ1) is 13.8. The third-order valence-electron chi connectivity index (χ3n) is 5.55. The quantitative estimate of drug-likeness (QED) is 0.566. The first-order valence-electron chi connectivity index (χ1n) is 9.76. The van der Waals surface area contributed by atoms with E-state index in [1.165, 1.54) is 33.8 Å². The third-order valence-corrected chi connectivity index (χ3v) is 6.90. The van der Waals surface area contributed by atoms with Crippen molar-refractivity contribution in [3.8, 4) is 0 Å². The molecule has 3 N–H and O–H groups in total. The highest BCUT2D eigenvalue weighted by atomic mass is 32.2. The van der Waals surface area contributed by atoms with Gasteiger partial charge < -0.3 is 15.6 Å². The lowest BCUT2D eigenvalue weighted by Gasteiger charge is -2.31. The minimum atomic E-state index is -1.18. The van der Waals surface area contributed by atoms with Crippen LogP contribution in [0.4, 0.5) is 5.69 Å². The van der Waals surface area contributed by atoms with Gasteiger partial charge in [0.1, 0.15) is 0 Å². The number of aryl methyl sites for hydroxylation is 3. The Hall–Kier alpha value is -2.73. The molecule has 5 nitrogen and oxygen atoms in total. The molecule has 0 bridgehead atoms. The van der Waals surface area contributed by atoms with Gasteiger partial charge in [-0.15, -0.1) is 0 Å². The van der Waals surface area contributed by atoms with E-state index >= 15 is 0 Å². The SMILES string of the molecule is Cc1cc(C)c2[nH]c(C)c(CCNC(=O)C3(C)Sc4ccccc4NC3=O)c2c1. The number of hydrogen-bond donors (Lipinski definition) is 3. The van der Waals surface area contributed by atoms with Crippen LogP contribution >= 0.6 is 11.8 Å². The summed E-state index contributed by atoms with van der Waals surface area (Å²) >= 11 is 1.30. The Bertz CT molecular complexity index is 1130. The minimum Gasteiger partial charge on any atom is -0.358 e. The lowest BCUT2D eigenvalue weighted by Crippen LogP contribution is -2.52. The van der Waals surface area contributed by atoms with Crippen molar-refractivity contribution in [3.05, 3.63) is 58.8 Å². The molecule has 0 saturated heterocycles. The second-order valence-electron chi connectivity index (χ2n) is 7.82. The molecule has 2 aromatic carbocycles. The van der Waals surface area contributed by atoms with E-state index in [1.807, 2.05) is 24.3 Å². The first kappa shape index (κ1) is 19.6. The van der Waals surface area contributed by atoms with E-state index in [0.29, 0.717) is 13.0 Å². The van der Waals surface area contributed by atoms with Crippen LogP contribution in [0.15, 0.2) is 41.3 Å². The Morgan fingerprint density at radius 1 is 1.17 bits per heavy atom. The van der Waals surface area contributed by atoms with Crippen LogP contribution in [0, 0.1) is 20.8 Å². The average molecular weight is 408 g/mol. The Labute approximate surface area is 174 Å². The monoisotopic (exact) mass is 407 g/mol. The number of benzene rings is 2. The van der Waals surface area contributed by atoms with Crippen molar-refractivity contribution in [2.45, 2.75) is 43.8 Å². The lowest BCUT2D eigenvalue weighted by atomic mass is 10.0. The van der Waals surface area contributed by atoms with Crippen molar-refractivity contribution in [2.24, 2.45) is 0 Å². The number of nitrogens with one attached hydrogen (secondary N) is 3. The third kappa shape index (κ3) is 3.42. The van der Waals surface area contributed by atoms with Gasteiger partial charge in [0.2, 0.25) is 11.8 Å². The number of amides is 2. The van der Waals surface area contributed by atoms with Gasteiger partial charge in [-0.2, -0.15) is 0 Å². The van der Waals surface area contributed by atoms with Crippen LogP contribution < -0.4 is 10.6 Å². The highest BCUT2D eigenvalue weighted by Gasteiger charge is 2.45. The van der Waals surface area contributed by atoms with Crippen LogP contribution in [0.25, 0.3) is 10.9 Å². The summed E-state index contributed by atoms with van der Waals surface area (Å²) in [5.74, 6) is -0.549. The fourth-order valence-corrected chi connectivity index (χ4v) is 5.07. The fourth-order valence-electron chi connectivity index (χ4n) is 3.94. The predicted molar refractivity (Wildman–Crippen MR) is 119 cm³/mol. The number of fused-ring (bicyclic) bond motifs is 2. The number of para-hydroxylation sites is 1. The summed E-state index contributed by atoms with van der Waals surface area (Å²) in [5, 5.41) is 7.04. The predicted octanol–water partition coefficient (Wildman–Crippen LogP) is 4.25. The van der Waals surface area contributed by atoms with Crippen LogP contribution in [0.3, 0.4) is 0 Å². The van der Waals surface area contributed by atoms with Crippen molar-refractivity contribution in [1.29, 1.82) is 0 Å². The molecule has 0 fully saturated rings. The summed E-state index contributed by atoms with van der Waals surface area (Å²) in [6.45, 7) is 8.42. The molecule has 0 radical (unpaired) electrons. The zero-order chi connectivity index (χ0) is 20.8. The lowest BCUT2D eigenvalue weighted by molar-refractivity contribution is -0.129. The number of aromatic nitrogens is 1. The molecule has 29 heavy (non-hydrogen) atoms. The molecule has 6 heteroatoms. The number of hydrogen-bond acceptors (Lipinski definition) is 3. The zero-order valence-electron chi connectivity index (χ0n) is 17.1. The van der Waals surface area contributed by atoms with Crippen molar-refractivity contribution < 1.29 is 9.59 Å². The van der Waals surface area contributed by atoms with Gasteiger partial charge in [0.15, 0.2) is 4.75 Å². The Kier molecular flexibility index (Phi) is 4.90. The van der Waals surface area contributed by atoms with Gasteiger partial charge in [-0.05, 0) is 63.4 Å². The molecule has 0 spiro atoms. The number of H-pyrrole nitrogens is 1. The van der Waals surface area contributed by atoms with Gasteiger partial charge in [0.05, 0.1) is 5.69 Å². The molecule has 0 saturated carbocycles. The summed E-state index contributed by atoms with van der Waals surface area (Å²) in [6.07, 6.45) is 0.708. The van der Waals surface area contributed by atoms with Gasteiger partial charge in [-0.1, -0.05) is 35.5 Å². The molecule has 2 heterocycles. The number of aromatic amines is 1. The van der Waals surface area contributed by atoms with Gasteiger partial charge in [-0.25, -0.2) is 0 Å². The maximum absolute atomic E-state index is 12.9. The smallest absolute Gasteiger partial charge is 0.250 e. The van der Waals surface area contributed by atoms with E-state index in [-0.39, 0.29) is 11.8 Å². The molecule has 1 aromatic heterocycles. The maximum atomic E-state index is 12.9. The van der Waals surface area contributed by atoms with Crippen LogP contribution in [0.5, 0.6) is 0 Å². The maximum Gasteiger partial charge on any atom is 0.250 e. The van der Waals surface area contributed by atoms with Gasteiger partial charge in [0, 0.05) is 28.0 Å². The highest BCUT2D eigenvalue weighted by Crippen LogP contribution is 2.42. The van der Waals surface area contributed by atoms with Gasteiger partial charge >= 0.3 is 0 Å². The molecule has 0 aliphatic carbocycles. The number of carbonyl (C=O) groups excluding carboxylic acids is 2. The largest absolute Gasteiger partial charge is 0.358 e. The van der Waals surface area contributed by atoms with Crippen LogP contribution in [-0.4, -0.2) is 28.1 Å². The van der Waals surface area contributed by atoms with Gasteiger partial charge in [0.25, 0.3) is 0 Å². The van der Waals surface area contributed by atoms with E-state index in [9.17, 15) is 9.59 Å². The topological polar surface area (TPSA) is 74.0 Å². The molecule has 4 rings (SSSR count). The molecule has 150 valence electrons. The van der Waals surface area contributed by atoms with Crippen LogP contribution in [0.1, 0.15) is 29.3 Å². The van der Waals surface area contributed by atoms with Gasteiger partial charge in [-0.3, -0.25) is 9.59 Å². The molecule has 1 aliphatic rings. The van der Waals surface area contributed by atoms with Crippen LogP contribution in [-0.2, 0) is 16.0 Å². The second kappa shape index (κ2) is 7.26. The standard InChI is InChI=1S/C23H25N3O2S/c1-13-11-14(2)20-17(12-13)16(15(3)25-20)9-10-24-21(27)23(4)22(28)26-18-7-5-6-8-19(18)29-23/h5-8,11-12,25H,9-10H2,1-4H3,(H,24,27)(H,26,28). The van der Waals surface area contributed by atoms with E-state index < -0.39 is 4.75 Å². The Morgan fingerprint density at radius 2 is 1.93 bits per heavy atom. The summed E-state index contributed by atoms with van der Waals surface area (Å²) < 4.78 is -1.18. The highest BCUT2D eigenvalue weighted by molar-refractivity contribution is 8.02. The molecule has 2 amide bonds. The number of rotatable bonds is 4. The minimum absolute atomic E-state index is 0.264. The van der Waals surface area contributed by atoms with Crippen LogP contribution in [0.2, 0.25) is 0 Å². The van der Waals surface area contributed by atoms with Crippen molar-refractivity contribution in [2.75, 3.05) is 11.9 Å². The van der Waals surface area contributed by atoms with Crippen molar-refractivity contribution in [3.63, 3.8) is 0 Å². The molecule has 3 aromatic rings. The summed E-state index contributed by atoms with van der Waals surface area (Å²) in [5.41, 5.74) is 6.69. The normalized spacial score (nSPS) is 18.4.